The standard InChI is InChI=1S/C23H19ClN4O3S2/c1-14-6-8-16(9-7-14)22-26-27-23(32-22)25-21(29)17-10-11-19(24)20(13-17)33(30,31)28-18-5-3-4-15(2)12-18/h3-13,28H,1-2H3,(H,25,27,29). The number of hydrogen-bond acceptors (Lipinski definition) is 6. The number of carbonyl (C=O) groups is 1. The summed E-state index contributed by atoms with van der Waals surface area (Å²) in [5.74, 6) is -0.523. The van der Waals surface area contributed by atoms with Gasteiger partial charge in [0.2, 0.25) is 5.13 Å². The van der Waals surface area contributed by atoms with E-state index in [0.717, 1.165) is 16.7 Å². The Morgan fingerprint density at radius 1 is 0.939 bits per heavy atom. The van der Waals surface area contributed by atoms with Crippen molar-refractivity contribution in [1.29, 1.82) is 0 Å². The Bertz CT molecular complexity index is 1430. The quantitative estimate of drug-likeness (QED) is 0.364. The van der Waals surface area contributed by atoms with E-state index in [-0.39, 0.29) is 15.5 Å². The minimum Gasteiger partial charge on any atom is -0.296 e. The molecule has 4 rings (SSSR count). The first-order chi connectivity index (χ1) is 15.7. The Hall–Kier alpha value is -3.27. The molecule has 3 aromatic carbocycles. The molecule has 0 radical (unpaired) electrons. The molecular weight excluding hydrogens is 480 g/mol. The molecule has 0 aliphatic rings. The van der Waals surface area contributed by atoms with Crippen molar-refractivity contribution in [3.63, 3.8) is 0 Å². The fraction of sp³-hybridized carbons (Fsp3) is 0.0870. The zero-order chi connectivity index (χ0) is 23.6. The lowest BCUT2D eigenvalue weighted by atomic mass is 10.2. The largest absolute Gasteiger partial charge is 0.296 e. The van der Waals surface area contributed by atoms with Crippen LogP contribution in [0, 0.1) is 13.8 Å². The summed E-state index contributed by atoms with van der Waals surface area (Å²) >= 11 is 7.37. The molecule has 1 heterocycles. The van der Waals surface area contributed by atoms with Gasteiger partial charge >= 0.3 is 0 Å². The molecule has 0 bridgehead atoms. The van der Waals surface area contributed by atoms with Gasteiger partial charge < -0.3 is 0 Å². The Morgan fingerprint density at radius 3 is 2.42 bits per heavy atom. The normalized spacial score (nSPS) is 11.2. The summed E-state index contributed by atoms with van der Waals surface area (Å²) in [6.07, 6.45) is 0. The molecule has 0 aliphatic carbocycles. The summed E-state index contributed by atoms with van der Waals surface area (Å²) in [4.78, 5) is 12.6. The maximum Gasteiger partial charge on any atom is 0.263 e. The molecule has 0 fully saturated rings. The fourth-order valence-corrected chi connectivity index (χ4v) is 5.35. The second-order valence-corrected chi connectivity index (χ2v) is 10.4. The number of carbonyl (C=O) groups excluding carboxylic acids is 1. The Morgan fingerprint density at radius 2 is 1.70 bits per heavy atom. The van der Waals surface area contributed by atoms with E-state index < -0.39 is 15.9 Å². The molecule has 0 aliphatic heterocycles. The average Bonchev–Trinajstić information content (AvgIpc) is 3.22. The van der Waals surface area contributed by atoms with Crippen LogP contribution in [-0.2, 0) is 10.0 Å². The molecule has 10 heteroatoms. The lowest BCUT2D eigenvalue weighted by molar-refractivity contribution is 0.102. The predicted molar refractivity (Wildman–Crippen MR) is 131 cm³/mol. The number of amides is 1. The summed E-state index contributed by atoms with van der Waals surface area (Å²) in [7, 11) is -4.01. The van der Waals surface area contributed by atoms with E-state index in [1.54, 1.807) is 18.2 Å². The molecule has 1 amide bonds. The van der Waals surface area contributed by atoms with Crippen LogP contribution in [0.5, 0.6) is 0 Å². The van der Waals surface area contributed by atoms with Gasteiger partial charge in [-0.15, -0.1) is 10.2 Å². The third kappa shape index (κ3) is 5.39. The van der Waals surface area contributed by atoms with Crippen LogP contribution in [0.15, 0.2) is 71.6 Å². The van der Waals surface area contributed by atoms with Crippen LogP contribution in [0.2, 0.25) is 5.02 Å². The summed E-state index contributed by atoms with van der Waals surface area (Å²) in [6.45, 7) is 3.85. The minimum absolute atomic E-state index is 0.00396. The Balaban J connectivity index is 1.55. The zero-order valence-electron chi connectivity index (χ0n) is 17.7. The zero-order valence-corrected chi connectivity index (χ0v) is 20.1. The number of nitrogens with one attached hydrogen (secondary N) is 2. The van der Waals surface area contributed by atoms with E-state index in [0.29, 0.717) is 15.8 Å². The van der Waals surface area contributed by atoms with E-state index in [4.69, 9.17) is 11.6 Å². The molecule has 0 saturated heterocycles. The van der Waals surface area contributed by atoms with Gasteiger partial charge in [0.15, 0.2) is 0 Å². The van der Waals surface area contributed by atoms with Crippen molar-refractivity contribution in [1.82, 2.24) is 10.2 Å². The van der Waals surface area contributed by atoms with Crippen LogP contribution in [0.25, 0.3) is 10.6 Å². The number of anilines is 2. The molecule has 0 spiro atoms. The summed E-state index contributed by atoms with van der Waals surface area (Å²) in [5, 5.41) is 11.8. The molecule has 0 atom stereocenters. The SMILES string of the molecule is Cc1ccc(-c2nnc(NC(=O)c3ccc(Cl)c(S(=O)(=O)Nc4cccc(C)c4)c3)s2)cc1. The van der Waals surface area contributed by atoms with E-state index >= 15 is 0 Å². The van der Waals surface area contributed by atoms with Gasteiger partial charge in [0.1, 0.15) is 9.90 Å². The van der Waals surface area contributed by atoms with Crippen molar-refractivity contribution < 1.29 is 13.2 Å². The molecule has 33 heavy (non-hydrogen) atoms. The molecule has 7 nitrogen and oxygen atoms in total. The smallest absolute Gasteiger partial charge is 0.263 e. The second kappa shape index (κ2) is 9.30. The van der Waals surface area contributed by atoms with Crippen LogP contribution in [-0.4, -0.2) is 24.5 Å². The molecule has 2 N–H and O–H groups in total. The van der Waals surface area contributed by atoms with Crippen molar-refractivity contribution in [2.24, 2.45) is 0 Å². The molecular formula is C23H19ClN4O3S2. The van der Waals surface area contributed by atoms with Gasteiger partial charge in [-0.1, -0.05) is 64.9 Å². The number of nitrogens with zero attached hydrogens (tertiary/aromatic N) is 2. The van der Waals surface area contributed by atoms with Crippen molar-refractivity contribution >= 4 is 49.7 Å². The van der Waals surface area contributed by atoms with Crippen molar-refractivity contribution in [2.45, 2.75) is 18.7 Å². The third-order valence-corrected chi connectivity index (χ3v) is 7.45. The van der Waals surface area contributed by atoms with Crippen molar-refractivity contribution in [3.05, 3.63) is 88.4 Å². The van der Waals surface area contributed by atoms with E-state index in [9.17, 15) is 13.2 Å². The highest BCUT2D eigenvalue weighted by molar-refractivity contribution is 7.92. The number of benzene rings is 3. The van der Waals surface area contributed by atoms with Crippen LogP contribution in [0.4, 0.5) is 10.8 Å². The summed E-state index contributed by atoms with van der Waals surface area (Å²) in [5.41, 5.74) is 3.44. The molecule has 1 aromatic heterocycles. The van der Waals surface area contributed by atoms with E-state index in [1.807, 2.05) is 44.2 Å². The minimum atomic E-state index is -4.01. The van der Waals surface area contributed by atoms with Gasteiger partial charge in [-0.2, -0.15) is 0 Å². The number of halogens is 1. The first kappa shape index (κ1) is 22.9. The van der Waals surface area contributed by atoms with Gasteiger partial charge in [-0.3, -0.25) is 14.8 Å². The fourth-order valence-electron chi connectivity index (χ4n) is 3.03. The molecule has 0 saturated carbocycles. The monoisotopic (exact) mass is 498 g/mol. The lowest BCUT2D eigenvalue weighted by Gasteiger charge is -2.11. The highest BCUT2D eigenvalue weighted by Gasteiger charge is 2.21. The second-order valence-electron chi connectivity index (χ2n) is 7.35. The maximum absolute atomic E-state index is 12.9. The predicted octanol–water partition coefficient (Wildman–Crippen LogP) is 5.53. The number of hydrogen-bond donors (Lipinski definition) is 2. The molecule has 168 valence electrons. The number of rotatable bonds is 6. The third-order valence-electron chi connectivity index (χ3n) is 4.70. The van der Waals surface area contributed by atoms with Gasteiger partial charge in [0, 0.05) is 16.8 Å². The Kier molecular flexibility index (Phi) is 6.46. The first-order valence-corrected chi connectivity index (χ1v) is 12.5. The highest BCUT2D eigenvalue weighted by Crippen LogP contribution is 2.28. The lowest BCUT2D eigenvalue weighted by Crippen LogP contribution is -2.16. The van der Waals surface area contributed by atoms with Gasteiger partial charge in [-0.05, 0) is 49.7 Å². The summed E-state index contributed by atoms with van der Waals surface area (Å²) in [6, 6.07) is 18.8. The van der Waals surface area contributed by atoms with Crippen LogP contribution < -0.4 is 10.0 Å². The number of aromatic nitrogens is 2. The number of aryl methyl sites for hydroxylation is 2. The summed E-state index contributed by atoms with van der Waals surface area (Å²) < 4.78 is 28.3. The van der Waals surface area contributed by atoms with Crippen molar-refractivity contribution in [2.75, 3.05) is 10.0 Å². The van der Waals surface area contributed by atoms with E-state index in [1.165, 1.54) is 29.5 Å². The molecule has 4 aromatic rings. The highest BCUT2D eigenvalue weighted by atomic mass is 35.5. The Labute approximate surface area is 200 Å². The van der Waals surface area contributed by atoms with Gasteiger partial charge in [0.05, 0.1) is 5.02 Å². The molecule has 0 unspecified atom stereocenters. The van der Waals surface area contributed by atoms with Crippen molar-refractivity contribution in [3.8, 4) is 10.6 Å². The van der Waals surface area contributed by atoms with Crippen LogP contribution in [0.1, 0.15) is 21.5 Å². The van der Waals surface area contributed by atoms with Crippen LogP contribution in [0.3, 0.4) is 0 Å². The van der Waals surface area contributed by atoms with Crippen LogP contribution >= 0.6 is 22.9 Å². The number of sulfonamides is 1. The van der Waals surface area contributed by atoms with Gasteiger partial charge in [-0.25, -0.2) is 8.42 Å². The maximum atomic E-state index is 12.9. The first-order valence-electron chi connectivity index (χ1n) is 9.82. The topological polar surface area (TPSA) is 101 Å². The average molecular weight is 499 g/mol. The van der Waals surface area contributed by atoms with E-state index in [2.05, 4.69) is 20.2 Å². The van der Waals surface area contributed by atoms with Gasteiger partial charge in [0.25, 0.3) is 15.9 Å².